The SMILES string of the molecule is COC(=O)c1ccc2c(c1)C(Br)OC2=O. The third kappa shape index (κ3) is 1.63. The van der Waals surface area contributed by atoms with Crippen LogP contribution in [0, 0.1) is 0 Å². The van der Waals surface area contributed by atoms with Gasteiger partial charge in [-0.1, -0.05) is 0 Å². The summed E-state index contributed by atoms with van der Waals surface area (Å²) in [6.07, 6.45) is 0. The molecule has 0 radical (unpaired) electrons. The molecule has 0 aromatic heterocycles. The number of hydrogen-bond acceptors (Lipinski definition) is 4. The second-order valence-electron chi connectivity index (χ2n) is 3.01. The van der Waals surface area contributed by atoms with Crippen LogP contribution in [-0.4, -0.2) is 19.0 Å². The van der Waals surface area contributed by atoms with E-state index in [1.807, 2.05) is 0 Å². The maximum atomic E-state index is 11.3. The van der Waals surface area contributed by atoms with Gasteiger partial charge < -0.3 is 9.47 Å². The summed E-state index contributed by atoms with van der Waals surface area (Å²) in [6, 6.07) is 4.69. The number of ether oxygens (including phenoxy) is 2. The van der Waals surface area contributed by atoms with Gasteiger partial charge in [-0.2, -0.15) is 0 Å². The molecule has 0 amide bonds. The molecule has 4 nitrogen and oxygen atoms in total. The molecular formula is C10H7BrO4. The summed E-state index contributed by atoms with van der Waals surface area (Å²) in [5.74, 6) is -0.819. The number of cyclic esters (lactones) is 1. The minimum absolute atomic E-state index is 0.386. The molecule has 0 saturated carbocycles. The third-order valence-electron chi connectivity index (χ3n) is 2.15. The van der Waals surface area contributed by atoms with E-state index in [4.69, 9.17) is 4.74 Å². The van der Waals surface area contributed by atoms with Gasteiger partial charge in [-0.25, -0.2) is 9.59 Å². The largest absolute Gasteiger partial charge is 0.465 e. The molecule has 1 unspecified atom stereocenters. The lowest BCUT2D eigenvalue weighted by atomic mass is 10.1. The fraction of sp³-hybridized carbons (Fsp3) is 0.200. The highest BCUT2D eigenvalue weighted by molar-refractivity contribution is 9.09. The Kier molecular flexibility index (Phi) is 2.48. The van der Waals surface area contributed by atoms with E-state index >= 15 is 0 Å². The maximum Gasteiger partial charge on any atom is 0.340 e. The molecule has 1 atom stereocenters. The first kappa shape index (κ1) is 10.2. The van der Waals surface area contributed by atoms with Crippen molar-refractivity contribution in [2.45, 2.75) is 5.01 Å². The lowest BCUT2D eigenvalue weighted by Gasteiger charge is -2.02. The monoisotopic (exact) mass is 270 g/mol. The van der Waals surface area contributed by atoms with E-state index in [0.717, 1.165) is 0 Å². The molecule has 1 aliphatic rings. The van der Waals surface area contributed by atoms with Crippen LogP contribution in [0.25, 0.3) is 0 Å². The Morgan fingerprint density at radius 3 is 2.93 bits per heavy atom. The van der Waals surface area contributed by atoms with Crippen LogP contribution in [0.4, 0.5) is 0 Å². The number of esters is 2. The van der Waals surface area contributed by atoms with Gasteiger partial charge >= 0.3 is 11.9 Å². The van der Waals surface area contributed by atoms with Gasteiger partial charge in [-0.15, -0.1) is 0 Å². The summed E-state index contributed by atoms with van der Waals surface area (Å²) in [5, 5.41) is -0.482. The second kappa shape index (κ2) is 3.66. The fourth-order valence-corrected chi connectivity index (χ4v) is 1.95. The number of benzene rings is 1. The standard InChI is InChI=1S/C10H7BrO4/c1-14-9(12)5-2-3-6-7(4-5)8(11)15-10(6)13/h2-4,8H,1H3. The van der Waals surface area contributed by atoms with Crippen LogP contribution in [0.1, 0.15) is 31.3 Å². The summed E-state index contributed by atoms with van der Waals surface area (Å²) in [4.78, 5) is 22.5. The molecule has 0 bridgehead atoms. The summed E-state index contributed by atoms with van der Waals surface area (Å²) >= 11 is 3.19. The summed E-state index contributed by atoms with van der Waals surface area (Å²) in [5.41, 5.74) is 1.53. The molecule has 0 spiro atoms. The number of methoxy groups -OCH3 is 1. The average Bonchev–Trinajstić information content (AvgIpc) is 2.53. The van der Waals surface area contributed by atoms with E-state index in [-0.39, 0.29) is 5.97 Å². The number of carbonyl (C=O) groups is 2. The Labute approximate surface area is 94.3 Å². The first-order valence-corrected chi connectivity index (χ1v) is 5.12. The van der Waals surface area contributed by atoms with E-state index in [0.29, 0.717) is 16.7 Å². The van der Waals surface area contributed by atoms with E-state index in [1.165, 1.54) is 13.2 Å². The zero-order valence-electron chi connectivity index (χ0n) is 7.82. The minimum atomic E-state index is -0.482. The molecule has 0 fully saturated rings. The highest BCUT2D eigenvalue weighted by Crippen LogP contribution is 2.35. The quantitative estimate of drug-likeness (QED) is 0.579. The van der Waals surface area contributed by atoms with Crippen LogP contribution in [0.3, 0.4) is 0 Å². The van der Waals surface area contributed by atoms with Crippen molar-refractivity contribution in [1.29, 1.82) is 0 Å². The first-order valence-electron chi connectivity index (χ1n) is 4.21. The molecule has 0 aliphatic carbocycles. The van der Waals surface area contributed by atoms with Gasteiger partial charge in [0.2, 0.25) is 0 Å². The molecule has 1 heterocycles. The number of carbonyl (C=O) groups excluding carboxylic acids is 2. The number of halogens is 1. The number of alkyl halides is 1. The van der Waals surface area contributed by atoms with E-state index < -0.39 is 11.0 Å². The van der Waals surface area contributed by atoms with Crippen molar-refractivity contribution < 1.29 is 19.1 Å². The Morgan fingerprint density at radius 1 is 1.53 bits per heavy atom. The van der Waals surface area contributed by atoms with Crippen molar-refractivity contribution in [3.05, 3.63) is 34.9 Å². The Morgan fingerprint density at radius 2 is 2.27 bits per heavy atom. The van der Waals surface area contributed by atoms with Crippen molar-refractivity contribution >= 4 is 27.9 Å². The lowest BCUT2D eigenvalue weighted by Crippen LogP contribution is -2.02. The lowest BCUT2D eigenvalue weighted by molar-refractivity contribution is 0.0530. The van der Waals surface area contributed by atoms with Gasteiger partial charge in [0.1, 0.15) is 0 Å². The average molecular weight is 271 g/mol. The predicted octanol–water partition coefficient (Wildman–Crippen LogP) is 2.04. The molecule has 0 saturated heterocycles. The smallest absolute Gasteiger partial charge is 0.340 e. The molecule has 5 heteroatoms. The third-order valence-corrected chi connectivity index (χ3v) is 2.83. The van der Waals surface area contributed by atoms with Crippen LogP contribution in [0.15, 0.2) is 18.2 Å². The van der Waals surface area contributed by atoms with Crippen molar-refractivity contribution in [3.8, 4) is 0 Å². The molecule has 78 valence electrons. The Bertz CT molecular complexity index is 441. The van der Waals surface area contributed by atoms with Crippen LogP contribution in [0.2, 0.25) is 0 Å². The van der Waals surface area contributed by atoms with Gasteiger partial charge in [-0.05, 0) is 34.1 Å². The number of hydrogen-bond donors (Lipinski definition) is 0. The van der Waals surface area contributed by atoms with Gasteiger partial charge in [-0.3, -0.25) is 0 Å². The highest BCUT2D eigenvalue weighted by atomic mass is 79.9. The summed E-state index contributed by atoms with van der Waals surface area (Å²) < 4.78 is 9.50. The molecule has 1 aliphatic heterocycles. The molecule has 15 heavy (non-hydrogen) atoms. The number of rotatable bonds is 1. The Hall–Kier alpha value is -1.36. The zero-order chi connectivity index (χ0) is 11.0. The van der Waals surface area contributed by atoms with Crippen molar-refractivity contribution in [2.75, 3.05) is 7.11 Å². The van der Waals surface area contributed by atoms with Gasteiger partial charge in [0.05, 0.1) is 18.2 Å². The topological polar surface area (TPSA) is 52.6 Å². The van der Waals surface area contributed by atoms with E-state index in [2.05, 4.69) is 20.7 Å². The summed E-state index contributed by atoms with van der Waals surface area (Å²) in [6.45, 7) is 0. The minimum Gasteiger partial charge on any atom is -0.465 e. The normalized spacial score (nSPS) is 18.3. The summed E-state index contributed by atoms with van der Waals surface area (Å²) in [7, 11) is 1.31. The van der Waals surface area contributed by atoms with Crippen molar-refractivity contribution in [1.82, 2.24) is 0 Å². The molecular weight excluding hydrogens is 264 g/mol. The van der Waals surface area contributed by atoms with E-state index in [1.54, 1.807) is 12.1 Å². The molecule has 2 rings (SSSR count). The van der Waals surface area contributed by atoms with Gasteiger partial charge in [0, 0.05) is 5.56 Å². The fourth-order valence-electron chi connectivity index (χ4n) is 1.40. The van der Waals surface area contributed by atoms with Crippen LogP contribution < -0.4 is 0 Å². The van der Waals surface area contributed by atoms with Crippen LogP contribution >= 0.6 is 15.9 Å². The Balaban J connectivity index is 2.47. The second-order valence-corrected chi connectivity index (χ2v) is 3.85. The molecule has 1 aromatic rings. The maximum absolute atomic E-state index is 11.3. The van der Waals surface area contributed by atoms with Crippen molar-refractivity contribution in [3.63, 3.8) is 0 Å². The predicted molar refractivity (Wildman–Crippen MR) is 54.9 cm³/mol. The van der Waals surface area contributed by atoms with E-state index in [9.17, 15) is 9.59 Å². The zero-order valence-corrected chi connectivity index (χ0v) is 9.41. The molecule has 1 aromatic carbocycles. The number of fused-ring (bicyclic) bond motifs is 1. The first-order chi connectivity index (χ1) is 7.13. The van der Waals surface area contributed by atoms with Crippen LogP contribution in [-0.2, 0) is 9.47 Å². The van der Waals surface area contributed by atoms with Gasteiger partial charge in [0.15, 0.2) is 5.01 Å². The van der Waals surface area contributed by atoms with Gasteiger partial charge in [0.25, 0.3) is 0 Å². The van der Waals surface area contributed by atoms with Crippen molar-refractivity contribution in [2.24, 2.45) is 0 Å². The highest BCUT2D eigenvalue weighted by Gasteiger charge is 2.29. The molecule has 0 N–H and O–H groups in total. The van der Waals surface area contributed by atoms with Crippen LogP contribution in [0.5, 0.6) is 0 Å².